The van der Waals surface area contributed by atoms with Crippen LogP contribution in [-0.2, 0) is 13.1 Å². The molecule has 0 spiro atoms. The molecule has 144 valence electrons. The Morgan fingerprint density at radius 1 is 1.04 bits per heavy atom. The van der Waals surface area contributed by atoms with Gasteiger partial charge < -0.3 is 15.0 Å². The number of hydrogen-bond acceptors (Lipinski definition) is 4. The molecule has 0 saturated heterocycles. The van der Waals surface area contributed by atoms with Crippen LogP contribution >= 0.6 is 0 Å². The molecule has 0 atom stereocenters. The van der Waals surface area contributed by atoms with Gasteiger partial charge in [-0.25, -0.2) is 4.98 Å². The highest BCUT2D eigenvalue weighted by molar-refractivity contribution is 5.94. The molecule has 0 fully saturated rings. The Morgan fingerprint density at radius 3 is 2.46 bits per heavy atom. The van der Waals surface area contributed by atoms with E-state index in [0.717, 1.165) is 30.2 Å². The van der Waals surface area contributed by atoms with Crippen molar-refractivity contribution in [3.05, 3.63) is 89.6 Å². The topological polar surface area (TPSA) is 54.5 Å². The third-order valence-corrected chi connectivity index (χ3v) is 4.56. The van der Waals surface area contributed by atoms with E-state index in [2.05, 4.69) is 34.3 Å². The Hall–Kier alpha value is -3.34. The average molecular weight is 375 g/mol. The van der Waals surface area contributed by atoms with Gasteiger partial charge in [0.05, 0.1) is 12.7 Å². The number of benzene rings is 2. The number of ether oxygens (including phenoxy) is 1. The number of nitrogens with zero attached hydrogens (tertiary/aromatic N) is 2. The van der Waals surface area contributed by atoms with E-state index in [0.29, 0.717) is 12.1 Å². The van der Waals surface area contributed by atoms with Crippen LogP contribution in [0.3, 0.4) is 0 Å². The fourth-order valence-corrected chi connectivity index (χ4v) is 2.99. The second-order valence-electron chi connectivity index (χ2n) is 6.40. The molecule has 1 heterocycles. The molecule has 5 nitrogen and oxygen atoms in total. The lowest BCUT2D eigenvalue weighted by Gasteiger charge is -2.22. The van der Waals surface area contributed by atoms with E-state index in [4.69, 9.17) is 4.74 Å². The molecule has 0 saturated carbocycles. The summed E-state index contributed by atoms with van der Waals surface area (Å²) >= 11 is 0. The molecule has 3 aromatic rings. The molecule has 0 aliphatic heterocycles. The second kappa shape index (κ2) is 9.55. The van der Waals surface area contributed by atoms with Gasteiger partial charge in [0.2, 0.25) is 0 Å². The Kier molecular flexibility index (Phi) is 6.63. The van der Waals surface area contributed by atoms with Crippen LogP contribution in [0, 0.1) is 0 Å². The summed E-state index contributed by atoms with van der Waals surface area (Å²) in [6.07, 6.45) is 1.63. The maximum absolute atomic E-state index is 12.5. The van der Waals surface area contributed by atoms with E-state index in [1.54, 1.807) is 13.3 Å². The van der Waals surface area contributed by atoms with Crippen LogP contribution in [0.5, 0.6) is 5.75 Å². The van der Waals surface area contributed by atoms with Crippen LogP contribution in [0.15, 0.2) is 72.9 Å². The molecule has 0 aliphatic rings. The van der Waals surface area contributed by atoms with Gasteiger partial charge in [-0.15, -0.1) is 0 Å². The van der Waals surface area contributed by atoms with E-state index >= 15 is 0 Å². The third kappa shape index (κ3) is 4.88. The first-order chi connectivity index (χ1) is 13.7. The summed E-state index contributed by atoms with van der Waals surface area (Å²) in [4.78, 5) is 19.1. The predicted molar refractivity (Wildman–Crippen MR) is 112 cm³/mol. The van der Waals surface area contributed by atoms with E-state index in [9.17, 15) is 4.79 Å². The zero-order valence-corrected chi connectivity index (χ0v) is 16.3. The lowest BCUT2D eigenvalue weighted by atomic mass is 10.2. The smallest absolute Gasteiger partial charge is 0.253 e. The summed E-state index contributed by atoms with van der Waals surface area (Å²) in [5, 5.41) is 2.92. The normalized spacial score (nSPS) is 10.4. The number of aromatic nitrogens is 1. The van der Waals surface area contributed by atoms with Crippen molar-refractivity contribution in [3.8, 4) is 5.75 Å². The summed E-state index contributed by atoms with van der Waals surface area (Å²) in [7, 11) is 1.62. The van der Waals surface area contributed by atoms with Gasteiger partial charge >= 0.3 is 0 Å². The van der Waals surface area contributed by atoms with Gasteiger partial charge in [-0.05, 0) is 30.7 Å². The quantitative estimate of drug-likeness (QED) is 0.645. The highest BCUT2D eigenvalue weighted by Gasteiger charge is 2.11. The Balaban J connectivity index is 1.63. The maximum atomic E-state index is 12.5. The Morgan fingerprint density at radius 2 is 1.79 bits per heavy atom. The fraction of sp³-hybridized carbons (Fsp3) is 0.217. The molecule has 1 amide bonds. The van der Waals surface area contributed by atoms with Crippen molar-refractivity contribution >= 4 is 11.7 Å². The minimum absolute atomic E-state index is 0.156. The molecule has 0 bridgehead atoms. The molecule has 0 radical (unpaired) electrons. The molecule has 0 aliphatic carbocycles. The van der Waals surface area contributed by atoms with Crippen LogP contribution in [0.1, 0.15) is 28.4 Å². The number of anilines is 1. The van der Waals surface area contributed by atoms with Crippen molar-refractivity contribution in [1.29, 1.82) is 0 Å². The van der Waals surface area contributed by atoms with Gasteiger partial charge in [0, 0.05) is 31.4 Å². The van der Waals surface area contributed by atoms with Crippen LogP contribution in [-0.4, -0.2) is 24.5 Å². The minimum Gasteiger partial charge on any atom is -0.496 e. The largest absolute Gasteiger partial charge is 0.496 e. The maximum Gasteiger partial charge on any atom is 0.253 e. The van der Waals surface area contributed by atoms with Gasteiger partial charge in [-0.2, -0.15) is 0 Å². The zero-order chi connectivity index (χ0) is 19.8. The first-order valence-corrected chi connectivity index (χ1v) is 9.36. The zero-order valence-electron chi connectivity index (χ0n) is 16.3. The number of hydrogen-bond donors (Lipinski definition) is 1. The van der Waals surface area contributed by atoms with Gasteiger partial charge in [0.25, 0.3) is 5.91 Å². The van der Waals surface area contributed by atoms with E-state index in [1.165, 1.54) is 5.56 Å². The van der Waals surface area contributed by atoms with Crippen LogP contribution in [0.25, 0.3) is 0 Å². The number of nitrogens with one attached hydrogen (secondary N) is 1. The van der Waals surface area contributed by atoms with E-state index in [1.807, 2.05) is 54.6 Å². The number of amides is 1. The molecular formula is C23H25N3O2. The molecule has 3 rings (SSSR count). The first kappa shape index (κ1) is 19.4. The lowest BCUT2D eigenvalue weighted by Crippen LogP contribution is -2.25. The van der Waals surface area contributed by atoms with Gasteiger partial charge in [-0.1, -0.05) is 48.5 Å². The average Bonchev–Trinajstić information content (AvgIpc) is 2.77. The van der Waals surface area contributed by atoms with Crippen molar-refractivity contribution in [3.63, 3.8) is 0 Å². The molecule has 28 heavy (non-hydrogen) atoms. The van der Waals surface area contributed by atoms with Gasteiger partial charge in [0.15, 0.2) is 0 Å². The third-order valence-electron chi connectivity index (χ3n) is 4.56. The van der Waals surface area contributed by atoms with Gasteiger partial charge in [-0.3, -0.25) is 4.79 Å². The Bertz CT molecular complexity index is 895. The lowest BCUT2D eigenvalue weighted by molar-refractivity contribution is 0.0950. The van der Waals surface area contributed by atoms with Crippen molar-refractivity contribution in [2.45, 2.75) is 20.0 Å². The molecular weight excluding hydrogens is 350 g/mol. The summed E-state index contributed by atoms with van der Waals surface area (Å²) in [5.74, 6) is 1.46. The second-order valence-corrected chi connectivity index (χ2v) is 6.40. The fourth-order valence-electron chi connectivity index (χ4n) is 2.99. The number of pyridine rings is 1. The Labute approximate surface area is 166 Å². The molecule has 1 aromatic heterocycles. The van der Waals surface area contributed by atoms with Crippen LogP contribution in [0.2, 0.25) is 0 Å². The number of carbonyl (C=O) groups is 1. The molecule has 1 N–H and O–H groups in total. The number of para-hydroxylation sites is 1. The van der Waals surface area contributed by atoms with Crippen molar-refractivity contribution < 1.29 is 9.53 Å². The number of carbonyl (C=O) groups excluding carboxylic acids is 1. The standard InChI is InChI=1S/C23H25N3O2/c1-3-26(17-18-9-5-4-6-10-18)22-14-13-20(16-24-22)23(27)25-15-19-11-7-8-12-21(19)28-2/h4-14,16H,3,15,17H2,1-2H3,(H,25,27). The summed E-state index contributed by atoms with van der Waals surface area (Å²) in [6, 6.07) is 21.6. The first-order valence-electron chi connectivity index (χ1n) is 9.36. The SMILES string of the molecule is CCN(Cc1ccccc1)c1ccc(C(=O)NCc2ccccc2OC)cn1. The van der Waals surface area contributed by atoms with Gasteiger partial charge in [0.1, 0.15) is 11.6 Å². The molecule has 2 aromatic carbocycles. The minimum atomic E-state index is -0.156. The van der Waals surface area contributed by atoms with E-state index < -0.39 is 0 Å². The summed E-state index contributed by atoms with van der Waals surface area (Å²) in [6.45, 7) is 4.11. The summed E-state index contributed by atoms with van der Waals surface area (Å²) < 4.78 is 5.32. The predicted octanol–water partition coefficient (Wildman–Crippen LogP) is 4.05. The highest BCUT2D eigenvalue weighted by Crippen LogP contribution is 2.18. The van der Waals surface area contributed by atoms with Crippen LogP contribution in [0.4, 0.5) is 5.82 Å². The van der Waals surface area contributed by atoms with Crippen molar-refractivity contribution in [1.82, 2.24) is 10.3 Å². The molecule has 5 heteroatoms. The highest BCUT2D eigenvalue weighted by atomic mass is 16.5. The van der Waals surface area contributed by atoms with Crippen LogP contribution < -0.4 is 15.0 Å². The van der Waals surface area contributed by atoms with Crippen molar-refractivity contribution in [2.24, 2.45) is 0 Å². The summed E-state index contributed by atoms with van der Waals surface area (Å²) in [5.41, 5.74) is 2.70. The number of methoxy groups -OCH3 is 1. The molecule has 0 unspecified atom stereocenters. The number of rotatable bonds is 8. The van der Waals surface area contributed by atoms with Crippen molar-refractivity contribution in [2.75, 3.05) is 18.6 Å². The van der Waals surface area contributed by atoms with E-state index in [-0.39, 0.29) is 5.91 Å². The monoisotopic (exact) mass is 375 g/mol.